The van der Waals surface area contributed by atoms with Crippen molar-refractivity contribution in [1.29, 1.82) is 0 Å². The van der Waals surface area contributed by atoms with Crippen LogP contribution in [0.3, 0.4) is 0 Å². The third-order valence-corrected chi connectivity index (χ3v) is 5.38. The predicted octanol–water partition coefficient (Wildman–Crippen LogP) is 4.18. The third kappa shape index (κ3) is 3.52. The first-order chi connectivity index (χ1) is 14.5. The first kappa shape index (κ1) is 19.6. The highest BCUT2D eigenvalue weighted by Gasteiger charge is 2.25. The number of nitrogens with zero attached hydrogens (tertiary/aromatic N) is 1. The molecule has 6 nitrogen and oxygen atoms in total. The van der Waals surface area contributed by atoms with Gasteiger partial charge in [-0.1, -0.05) is 31.2 Å². The Hall–Kier alpha value is -3.67. The largest absolute Gasteiger partial charge is 0.465 e. The fourth-order valence-corrected chi connectivity index (χ4v) is 3.81. The standard InChI is InChI=1S/C24H22N2O4/c1-3-22(27)26-11-10-17-12-18(8-9-21(17)26)23(28)25-20-14-16-7-5-4-6-15(16)13-19(20)24(29)30-2/h4-9,12-14H,3,10-11H2,1-2H3,(H,25,28). The molecule has 0 aliphatic carbocycles. The van der Waals surface area contributed by atoms with Crippen molar-refractivity contribution in [3.05, 3.63) is 71.3 Å². The second kappa shape index (κ2) is 7.99. The quantitative estimate of drug-likeness (QED) is 0.665. The van der Waals surface area contributed by atoms with Gasteiger partial charge < -0.3 is 15.0 Å². The second-order valence-electron chi connectivity index (χ2n) is 7.18. The van der Waals surface area contributed by atoms with E-state index >= 15 is 0 Å². The van der Waals surface area contributed by atoms with Gasteiger partial charge in [0.15, 0.2) is 0 Å². The van der Waals surface area contributed by atoms with Gasteiger partial charge in [0.2, 0.25) is 5.91 Å². The van der Waals surface area contributed by atoms with Gasteiger partial charge in [-0.05, 0) is 53.1 Å². The zero-order valence-electron chi connectivity index (χ0n) is 16.9. The van der Waals surface area contributed by atoms with Crippen molar-refractivity contribution < 1.29 is 19.1 Å². The molecule has 0 radical (unpaired) electrons. The number of amides is 2. The number of carbonyl (C=O) groups excluding carboxylic acids is 3. The Bertz CT molecular complexity index is 1170. The molecule has 0 saturated carbocycles. The van der Waals surface area contributed by atoms with E-state index in [-0.39, 0.29) is 11.8 Å². The summed E-state index contributed by atoms with van der Waals surface area (Å²) in [5.41, 5.74) is 3.00. The molecule has 6 heteroatoms. The number of benzene rings is 3. The maximum atomic E-state index is 12.9. The number of fused-ring (bicyclic) bond motifs is 2. The molecule has 1 aliphatic rings. The predicted molar refractivity (Wildman–Crippen MR) is 116 cm³/mol. The Morgan fingerprint density at radius 1 is 1.03 bits per heavy atom. The molecule has 2 amide bonds. The molecule has 0 aromatic heterocycles. The van der Waals surface area contributed by atoms with Crippen LogP contribution >= 0.6 is 0 Å². The van der Waals surface area contributed by atoms with Crippen molar-refractivity contribution in [3.8, 4) is 0 Å². The van der Waals surface area contributed by atoms with Crippen LogP contribution in [0, 0.1) is 0 Å². The molecule has 0 unspecified atom stereocenters. The minimum absolute atomic E-state index is 0.0739. The lowest BCUT2D eigenvalue weighted by molar-refractivity contribution is -0.118. The Balaban J connectivity index is 1.65. The van der Waals surface area contributed by atoms with Crippen LogP contribution in [0.4, 0.5) is 11.4 Å². The summed E-state index contributed by atoms with van der Waals surface area (Å²) in [6.07, 6.45) is 1.16. The number of anilines is 2. The molecule has 152 valence electrons. The van der Waals surface area contributed by atoms with Crippen molar-refractivity contribution in [2.24, 2.45) is 0 Å². The number of carbonyl (C=O) groups is 3. The maximum absolute atomic E-state index is 12.9. The molecule has 1 heterocycles. The Morgan fingerprint density at radius 2 is 1.77 bits per heavy atom. The lowest BCUT2D eigenvalue weighted by Gasteiger charge is -2.16. The highest BCUT2D eigenvalue weighted by atomic mass is 16.5. The average molecular weight is 402 g/mol. The highest BCUT2D eigenvalue weighted by Crippen LogP contribution is 2.30. The first-order valence-corrected chi connectivity index (χ1v) is 9.87. The monoisotopic (exact) mass is 402 g/mol. The molecule has 0 bridgehead atoms. The minimum Gasteiger partial charge on any atom is -0.465 e. The molecular weight excluding hydrogens is 380 g/mol. The molecule has 0 atom stereocenters. The van der Waals surface area contributed by atoms with Gasteiger partial charge in [-0.15, -0.1) is 0 Å². The van der Waals surface area contributed by atoms with E-state index in [4.69, 9.17) is 4.74 Å². The van der Waals surface area contributed by atoms with Crippen molar-refractivity contribution in [2.75, 3.05) is 23.9 Å². The summed E-state index contributed by atoms with van der Waals surface area (Å²) < 4.78 is 4.89. The smallest absolute Gasteiger partial charge is 0.339 e. The number of ether oxygens (including phenoxy) is 1. The van der Waals surface area contributed by atoms with Crippen LogP contribution in [-0.2, 0) is 16.0 Å². The van der Waals surface area contributed by atoms with E-state index in [0.29, 0.717) is 36.2 Å². The van der Waals surface area contributed by atoms with Crippen LogP contribution < -0.4 is 10.2 Å². The van der Waals surface area contributed by atoms with Gasteiger partial charge in [-0.3, -0.25) is 9.59 Å². The van der Waals surface area contributed by atoms with Crippen molar-refractivity contribution >= 4 is 39.9 Å². The van der Waals surface area contributed by atoms with Crippen molar-refractivity contribution in [2.45, 2.75) is 19.8 Å². The molecular formula is C24H22N2O4. The summed E-state index contributed by atoms with van der Waals surface area (Å²) >= 11 is 0. The molecule has 4 rings (SSSR count). The summed E-state index contributed by atoms with van der Waals surface area (Å²) in [4.78, 5) is 39.0. The maximum Gasteiger partial charge on any atom is 0.339 e. The fraction of sp³-hybridized carbons (Fsp3) is 0.208. The molecule has 1 aliphatic heterocycles. The van der Waals surface area contributed by atoms with Crippen LogP contribution in [0.5, 0.6) is 0 Å². The Labute approximate surface area is 174 Å². The van der Waals surface area contributed by atoms with Gasteiger partial charge in [0.1, 0.15) is 0 Å². The second-order valence-corrected chi connectivity index (χ2v) is 7.18. The summed E-state index contributed by atoms with van der Waals surface area (Å²) in [6, 6.07) is 16.4. The lowest BCUT2D eigenvalue weighted by atomic mass is 10.0. The van der Waals surface area contributed by atoms with Crippen LogP contribution in [0.2, 0.25) is 0 Å². The van der Waals surface area contributed by atoms with Gasteiger partial charge in [-0.2, -0.15) is 0 Å². The van der Waals surface area contributed by atoms with Gasteiger partial charge in [0.25, 0.3) is 5.91 Å². The van der Waals surface area contributed by atoms with Crippen molar-refractivity contribution in [1.82, 2.24) is 0 Å². The van der Waals surface area contributed by atoms with E-state index in [2.05, 4.69) is 5.32 Å². The van der Waals surface area contributed by atoms with Crippen LogP contribution in [0.1, 0.15) is 39.6 Å². The summed E-state index contributed by atoms with van der Waals surface area (Å²) in [5.74, 6) is -0.762. The number of hydrogen-bond donors (Lipinski definition) is 1. The van der Waals surface area contributed by atoms with Gasteiger partial charge >= 0.3 is 5.97 Å². The fourth-order valence-electron chi connectivity index (χ4n) is 3.81. The average Bonchev–Trinajstić information content (AvgIpc) is 3.20. The molecule has 0 saturated heterocycles. The molecule has 0 spiro atoms. The number of rotatable bonds is 4. The van der Waals surface area contributed by atoms with E-state index in [1.165, 1.54) is 7.11 Å². The molecule has 3 aromatic rings. The zero-order valence-corrected chi connectivity index (χ0v) is 16.9. The molecule has 30 heavy (non-hydrogen) atoms. The van der Waals surface area contributed by atoms with Gasteiger partial charge in [0, 0.05) is 24.2 Å². The van der Waals surface area contributed by atoms with Crippen LogP contribution in [0.25, 0.3) is 10.8 Å². The molecule has 3 aromatic carbocycles. The Kier molecular flexibility index (Phi) is 5.23. The van der Waals surface area contributed by atoms with E-state index in [1.54, 1.807) is 23.1 Å². The van der Waals surface area contributed by atoms with Crippen LogP contribution in [-0.4, -0.2) is 31.4 Å². The normalized spacial score (nSPS) is 12.5. The SMILES string of the molecule is CCC(=O)N1CCc2cc(C(=O)Nc3cc4ccccc4cc3C(=O)OC)ccc21. The van der Waals surface area contributed by atoms with E-state index in [0.717, 1.165) is 22.0 Å². The molecule has 1 N–H and O–H groups in total. The minimum atomic E-state index is -0.515. The summed E-state index contributed by atoms with van der Waals surface area (Å²) in [5, 5.41) is 4.64. The highest BCUT2D eigenvalue weighted by molar-refractivity contribution is 6.10. The number of methoxy groups -OCH3 is 1. The van der Waals surface area contributed by atoms with Crippen molar-refractivity contribution in [3.63, 3.8) is 0 Å². The Morgan fingerprint density at radius 3 is 2.47 bits per heavy atom. The van der Waals surface area contributed by atoms with Crippen LogP contribution in [0.15, 0.2) is 54.6 Å². The van der Waals surface area contributed by atoms with Gasteiger partial charge in [0.05, 0.1) is 18.4 Å². The zero-order chi connectivity index (χ0) is 21.3. The number of esters is 1. The third-order valence-electron chi connectivity index (χ3n) is 5.38. The van der Waals surface area contributed by atoms with Gasteiger partial charge in [-0.25, -0.2) is 4.79 Å². The van der Waals surface area contributed by atoms with E-state index in [1.807, 2.05) is 43.3 Å². The number of nitrogens with one attached hydrogen (secondary N) is 1. The van der Waals surface area contributed by atoms with E-state index < -0.39 is 5.97 Å². The number of hydrogen-bond acceptors (Lipinski definition) is 4. The lowest BCUT2D eigenvalue weighted by Crippen LogP contribution is -2.27. The topological polar surface area (TPSA) is 75.7 Å². The summed E-state index contributed by atoms with van der Waals surface area (Å²) in [7, 11) is 1.31. The first-order valence-electron chi connectivity index (χ1n) is 9.87. The van der Waals surface area contributed by atoms with E-state index in [9.17, 15) is 14.4 Å². The summed E-state index contributed by atoms with van der Waals surface area (Å²) in [6.45, 7) is 2.47. The molecule has 0 fully saturated rings.